The van der Waals surface area contributed by atoms with E-state index >= 15 is 0 Å². The van der Waals surface area contributed by atoms with E-state index in [1.54, 1.807) is 0 Å². The smallest absolute Gasteiger partial charge is 0.238 e. The summed E-state index contributed by atoms with van der Waals surface area (Å²) in [6.45, 7) is 5.20. The average Bonchev–Trinajstić information content (AvgIpc) is 2.38. The molecule has 0 bridgehead atoms. The highest BCUT2D eigenvalue weighted by atomic mass is 32.2. The van der Waals surface area contributed by atoms with Gasteiger partial charge in [0.2, 0.25) is 10.0 Å². The Bertz CT molecular complexity index is 567. The Morgan fingerprint density at radius 1 is 1.35 bits per heavy atom. The highest BCUT2D eigenvalue weighted by Gasteiger charge is 2.22. The van der Waals surface area contributed by atoms with Crippen molar-refractivity contribution in [2.45, 2.75) is 31.1 Å². The van der Waals surface area contributed by atoms with Gasteiger partial charge < -0.3 is 4.90 Å². The third-order valence-electron chi connectivity index (χ3n) is 3.99. The lowest BCUT2D eigenvalue weighted by Crippen LogP contribution is -2.34. The second kappa shape index (κ2) is 6.20. The van der Waals surface area contributed by atoms with Crippen LogP contribution in [0.15, 0.2) is 23.1 Å². The first-order valence-electron chi connectivity index (χ1n) is 6.93. The lowest BCUT2D eigenvalue weighted by Gasteiger charge is -2.31. The van der Waals surface area contributed by atoms with Crippen LogP contribution in [0.5, 0.6) is 0 Å². The summed E-state index contributed by atoms with van der Waals surface area (Å²) in [7, 11) is -3.79. The van der Waals surface area contributed by atoms with Crippen LogP contribution in [0.1, 0.15) is 25.3 Å². The number of likely N-dealkylation sites (tertiary alicyclic amines) is 1. The fourth-order valence-corrected chi connectivity index (χ4v) is 3.57. The maximum Gasteiger partial charge on any atom is 0.238 e. The molecule has 6 heteroatoms. The molecule has 0 spiro atoms. The van der Waals surface area contributed by atoms with Crippen molar-refractivity contribution in [2.75, 3.05) is 19.6 Å². The molecule has 0 saturated carbocycles. The molecule has 1 heterocycles. The number of piperidine rings is 1. The lowest BCUT2D eigenvalue weighted by atomic mass is 9.90. The van der Waals surface area contributed by atoms with Crippen molar-refractivity contribution in [1.82, 2.24) is 4.90 Å². The van der Waals surface area contributed by atoms with Crippen LogP contribution in [-0.2, 0) is 16.4 Å². The fourth-order valence-electron chi connectivity index (χ4n) is 2.80. The number of hydrogen-bond donors (Lipinski definition) is 1. The largest absolute Gasteiger partial charge is 0.304 e. The van der Waals surface area contributed by atoms with Gasteiger partial charge in [0.15, 0.2) is 0 Å². The first-order chi connectivity index (χ1) is 9.40. The monoisotopic (exact) mass is 300 g/mol. The molecule has 1 aromatic carbocycles. The van der Waals surface area contributed by atoms with E-state index in [0.717, 1.165) is 38.5 Å². The Kier molecular flexibility index (Phi) is 4.78. The highest BCUT2D eigenvalue weighted by Crippen LogP contribution is 2.25. The number of benzene rings is 1. The number of halogens is 1. The van der Waals surface area contributed by atoms with Crippen molar-refractivity contribution in [3.63, 3.8) is 0 Å². The van der Waals surface area contributed by atoms with Crippen molar-refractivity contribution in [2.24, 2.45) is 11.1 Å². The maximum absolute atomic E-state index is 13.4. The molecule has 1 saturated heterocycles. The standard InChI is InChI=1S/C14H21FN2O2S/c1-2-17-7-5-11(6-8-17)9-12-10-13(15)3-4-14(12)20(16,18)19/h3-4,10-11H,2,5-9H2,1H3,(H2,16,18,19). The van der Waals surface area contributed by atoms with Gasteiger partial charge in [0.25, 0.3) is 0 Å². The van der Waals surface area contributed by atoms with Gasteiger partial charge in [-0.05, 0) is 68.6 Å². The predicted molar refractivity (Wildman–Crippen MR) is 76.3 cm³/mol. The van der Waals surface area contributed by atoms with E-state index in [1.807, 2.05) is 0 Å². The zero-order valence-electron chi connectivity index (χ0n) is 11.7. The van der Waals surface area contributed by atoms with Crippen LogP contribution in [0.3, 0.4) is 0 Å². The summed E-state index contributed by atoms with van der Waals surface area (Å²) >= 11 is 0. The Morgan fingerprint density at radius 2 is 2.00 bits per heavy atom. The summed E-state index contributed by atoms with van der Waals surface area (Å²) in [4.78, 5) is 2.42. The maximum atomic E-state index is 13.4. The number of sulfonamides is 1. The molecular weight excluding hydrogens is 279 g/mol. The van der Waals surface area contributed by atoms with Crippen molar-refractivity contribution in [1.29, 1.82) is 0 Å². The van der Waals surface area contributed by atoms with Gasteiger partial charge in [-0.1, -0.05) is 6.92 Å². The van der Waals surface area contributed by atoms with Gasteiger partial charge in [0, 0.05) is 0 Å². The van der Waals surface area contributed by atoms with Crippen LogP contribution in [0.4, 0.5) is 4.39 Å². The normalized spacial score (nSPS) is 18.4. The number of nitrogens with zero attached hydrogens (tertiary/aromatic N) is 1. The van der Waals surface area contributed by atoms with Crippen LogP contribution in [0.2, 0.25) is 0 Å². The molecule has 0 atom stereocenters. The third kappa shape index (κ3) is 3.77. The number of hydrogen-bond acceptors (Lipinski definition) is 3. The minimum atomic E-state index is -3.79. The van der Waals surface area contributed by atoms with Crippen molar-refractivity contribution >= 4 is 10.0 Å². The van der Waals surface area contributed by atoms with E-state index < -0.39 is 15.8 Å². The summed E-state index contributed by atoms with van der Waals surface area (Å²) in [5.74, 6) is -0.0292. The number of primary sulfonamides is 1. The highest BCUT2D eigenvalue weighted by molar-refractivity contribution is 7.89. The Morgan fingerprint density at radius 3 is 2.55 bits per heavy atom. The molecule has 1 fully saturated rings. The molecule has 0 amide bonds. The quantitative estimate of drug-likeness (QED) is 0.921. The average molecular weight is 300 g/mol. The first kappa shape index (κ1) is 15.4. The van der Waals surface area contributed by atoms with Gasteiger partial charge in [-0.2, -0.15) is 0 Å². The molecule has 4 nitrogen and oxygen atoms in total. The van der Waals surface area contributed by atoms with Gasteiger partial charge in [0.1, 0.15) is 5.82 Å². The summed E-state index contributed by atoms with van der Waals surface area (Å²) < 4.78 is 36.5. The molecule has 0 unspecified atom stereocenters. The van der Waals surface area contributed by atoms with Crippen molar-refractivity contribution in [3.05, 3.63) is 29.6 Å². The molecular formula is C14H21FN2O2S. The van der Waals surface area contributed by atoms with Crippen LogP contribution < -0.4 is 5.14 Å². The molecule has 2 rings (SSSR count). The van der Waals surface area contributed by atoms with E-state index in [1.165, 1.54) is 12.1 Å². The van der Waals surface area contributed by atoms with Crippen LogP contribution in [0.25, 0.3) is 0 Å². The third-order valence-corrected chi connectivity index (χ3v) is 5.00. The number of nitrogens with two attached hydrogens (primary N) is 1. The molecule has 1 aromatic rings. The fraction of sp³-hybridized carbons (Fsp3) is 0.571. The molecule has 112 valence electrons. The zero-order valence-corrected chi connectivity index (χ0v) is 12.5. The minimum absolute atomic E-state index is 0.0526. The number of rotatable bonds is 4. The first-order valence-corrected chi connectivity index (χ1v) is 8.48. The summed E-state index contributed by atoms with van der Waals surface area (Å²) in [6, 6.07) is 3.70. The van der Waals surface area contributed by atoms with Crippen LogP contribution >= 0.6 is 0 Å². The Balaban J connectivity index is 2.15. The Labute approximate surface area is 119 Å². The second-order valence-electron chi connectivity index (χ2n) is 5.38. The van der Waals surface area contributed by atoms with Gasteiger partial charge in [-0.3, -0.25) is 0 Å². The predicted octanol–water partition coefficient (Wildman–Crippen LogP) is 1.75. The molecule has 0 aliphatic carbocycles. The van der Waals surface area contributed by atoms with Crippen molar-refractivity contribution < 1.29 is 12.8 Å². The molecule has 0 radical (unpaired) electrons. The van der Waals surface area contributed by atoms with Crippen LogP contribution in [0, 0.1) is 11.7 Å². The lowest BCUT2D eigenvalue weighted by molar-refractivity contribution is 0.191. The summed E-state index contributed by atoms with van der Waals surface area (Å²) in [6.07, 6.45) is 2.59. The molecule has 2 N–H and O–H groups in total. The van der Waals surface area contributed by atoms with E-state index in [0.29, 0.717) is 17.9 Å². The van der Waals surface area contributed by atoms with E-state index in [9.17, 15) is 12.8 Å². The topological polar surface area (TPSA) is 63.4 Å². The molecule has 0 aromatic heterocycles. The van der Waals surface area contributed by atoms with Gasteiger partial charge in [0.05, 0.1) is 4.90 Å². The second-order valence-corrected chi connectivity index (χ2v) is 6.91. The zero-order chi connectivity index (χ0) is 14.8. The minimum Gasteiger partial charge on any atom is -0.304 e. The van der Waals surface area contributed by atoms with Crippen molar-refractivity contribution in [3.8, 4) is 0 Å². The van der Waals surface area contributed by atoms with E-state index in [4.69, 9.17) is 5.14 Å². The molecule has 20 heavy (non-hydrogen) atoms. The molecule has 1 aliphatic heterocycles. The van der Waals surface area contributed by atoms with Gasteiger partial charge in [-0.25, -0.2) is 17.9 Å². The summed E-state index contributed by atoms with van der Waals surface area (Å²) in [5, 5.41) is 5.20. The molecule has 1 aliphatic rings. The SMILES string of the molecule is CCN1CCC(Cc2cc(F)ccc2S(N)(=O)=O)CC1. The Hall–Kier alpha value is -0.980. The van der Waals surface area contributed by atoms with E-state index in [2.05, 4.69) is 11.8 Å². The summed E-state index contributed by atoms with van der Waals surface area (Å²) in [5.41, 5.74) is 0.502. The van der Waals surface area contributed by atoms with Gasteiger partial charge >= 0.3 is 0 Å². The van der Waals surface area contributed by atoms with Gasteiger partial charge in [-0.15, -0.1) is 0 Å². The van der Waals surface area contributed by atoms with E-state index in [-0.39, 0.29) is 4.90 Å². The van der Waals surface area contributed by atoms with Crippen LogP contribution in [-0.4, -0.2) is 33.0 Å².